The number of amides is 2. The number of methoxy groups -OCH3 is 2. The molecule has 0 aliphatic carbocycles. The average molecular weight is 319 g/mol. The smallest absolute Gasteiger partial charge is 0.329 e. The van der Waals surface area contributed by atoms with Crippen LogP contribution in [0.25, 0.3) is 0 Å². The highest BCUT2D eigenvalue weighted by atomic mass is 16.5. The quantitative estimate of drug-likeness (QED) is 0.513. The van der Waals surface area contributed by atoms with Gasteiger partial charge < -0.3 is 14.4 Å². The lowest BCUT2D eigenvalue weighted by Gasteiger charge is -2.25. The van der Waals surface area contributed by atoms with Crippen molar-refractivity contribution in [1.82, 2.24) is 10.3 Å². The van der Waals surface area contributed by atoms with Crippen molar-refractivity contribution in [1.29, 1.82) is 0 Å². The number of nitrogens with zero attached hydrogens (tertiary/aromatic N) is 2. The maximum atomic E-state index is 12.0. The average Bonchev–Trinajstić information content (AvgIpc) is 2.61. The molecular weight excluding hydrogens is 298 g/mol. The summed E-state index contributed by atoms with van der Waals surface area (Å²) in [7, 11) is 3.06. The molecule has 0 unspecified atom stereocenters. The number of carbonyl (C=O) groups excluding carboxylic acids is 2. The van der Waals surface area contributed by atoms with Crippen LogP contribution in [-0.2, 0) is 9.59 Å². The molecule has 1 aromatic carbocycles. The summed E-state index contributed by atoms with van der Waals surface area (Å²) < 4.78 is 10.5. The van der Waals surface area contributed by atoms with Crippen LogP contribution in [0.4, 0.5) is 0 Å². The minimum absolute atomic E-state index is 0.510. The Labute approximate surface area is 135 Å². The number of hydrogen-bond donors (Lipinski definition) is 1. The van der Waals surface area contributed by atoms with E-state index in [0.29, 0.717) is 30.2 Å². The van der Waals surface area contributed by atoms with E-state index in [9.17, 15) is 9.59 Å². The molecule has 0 saturated carbocycles. The Morgan fingerprint density at radius 1 is 1.17 bits per heavy atom. The van der Waals surface area contributed by atoms with E-state index in [-0.39, 0.29) is 0 Å². The molecule has 1 saturated heterocycles. The van der Waals surface area contributed by atoms with Gasteiger partial charge >= 0.3 is 11.8 Å². The molecule has 2 amide bonds. The molecule has 23 heavy (non-hydrogen) atoms. The minimum Gasteiger partial charge on any atom is -0.493 e. The van der Waals surface area contributed by atoms with E-state index in [1.807, 2.05) is 0 Å². The fourth-order valence-corrected chi connectivity index (χ4v) is 2.46. The number of hydrogen-bond acceptors (Lipinski definition) is 5. The van der Waals surface area contributed by atoms with E-state index in [1.54, 1.807) is 23.1 Å². The van der Waals surface area contributed by atoms with Gasteiger partial charge in [-0.1, -0.05) is 6.07 Å². The predicted octanol–water partition coefficient (Wildman–Crippen LogP) is 1.17. The molecule has 0 radical (unpaired) electrons. The fourth-order valence-electron chi connectivity index (χ4n) is 2.46. The van der Waals surface area contributed by atoms with Crippen LogP contribution in [0.3, 0.4) is 0 Å². The number of para-hydroxylation sites is 1. The van der Waals surface area contributed by atoms with Crippen molar-refractivity contribution in [3.8, 4) is 11.5 Å². The van der Waals surface area contributed by atoms with Crippen LogP contribution in [0.5, 0.6) is 11.5 Å². The monoisotopic (exact) mass is 319 g/mol. The van der Waals surface area contributed by atoms with Crippen molar-refractivity contribution in [2.24, 2.45) is 5.10 Å². The van der Waals surface area contributed by atoms with Crippen LogP contribution < -0.4 is 14.9 Å². The number of carbonyl (C=O) groups is 2. The number of rotatable bonds is 4. The number of ether oxygens (including phenoxy) is 2. The molecule has 7 nitrogen and oxygen atoms in total. The first kappa shape index (κ1) is 16.8. The largest absolute Gasteiger partial charge is 0.493 e. The SMILES string of the molecule is COc1cccc(/C=N\NC(=O)C(=O)N2CCCCC2)c1OC. The van der Waals surface area contributed by atoms with Crippen LogP contribution in [0.2, 0.25) is 0 Å². The highest BCUT2D eigenvalue weighted by Crippen LogP contribution is 2.29. The summed E-state index contributed by atoms with van der Waals surface area (Å²) in [5.74, 6) is -0.202. The maximum Gasteiger partial charge on any atom is 0.329 e. The lowest BCUT2D eigenvalue weighted by atomic mass is 10.1. The van der Waals surface area contributed by atoms with Crippen LogP contribution in [-0.4, -0.2) is 50.2 Å². The van der Waals surface area contributed by atoms with Crippen molar-refractivity contribution in [2.45, 2.75) is 19.3 Å². The molecular formula is C16H21N3O4. The first-order valence-corrected chi connectivity index (χ1v) is 7.50. The molecule has 124 valence electrons. The van der Waals surface area contributed by atoms with E-state index >= 15 is 0 Å². The molecule has 1 heterocycles. The van der Waals surface area contributed by atoms with Crippen molar-refractivity contribution >= 4 is 18.0 Å². The molecule has 0 atom stereocenters. The van der Waals surface area contributed by atoms with Crippen molar-refractivity contribution in [3.63, 3.8) is 0 Å². The molecule has 1 N–H and O–H groups in total. The van der Waals surface area contributed by atoms with Gasteiger partial charge in [-0.05, 0) is 31.4 Å². The minimum atomic E-state index is -0.731. The third-order valence-electron chi connectivity index (χ3n) is 3.64. The van der Waals surface area contributed by atoms with Crippen molar-refractivity contribution < 1.29 is 19.1 Å². The van der Waals surface area contributed by atoms with Crippen LogP contribution in [0.15, 0.2) is 23.3 Å². The van der Waals surface area contributed by atoms with Gasteiger partial charge in [-0.2, -0.15) is 5.10 Å². The number of likely N-dealkylation sites (tertiary alicyclic amines) is 1. The zero-order valence-electron chi connectivity index (χ0n) is 13.4. The summed E-state index contributed by atoms with van der Waals surface area (Å²) in [6.45, 7) is 1.25. The van der Waals surface area contributed by atoms with Crippen LogP contribution in [0.1, 0.15) is 24.8 Å². The van der Waals surface area contributed by atoms with Gasteiger partial charge in [0.1, 0.15) is 0 Å². The molecule has 0 bridgehead atoms. The summed E-state index contributed by atoms with van der Waals surface area (Å²) in [4.78, 5) is 25.4. The number of nitrogens with one attached hydrogen (secondary N) is 1. The van der Waals surface area contributed by atoms with Gasteiger partial charge in [-0.25, -0.2) is 5.43 Å². The summed E-state index contributed by atoms with van der Waals surface area (Å²) >= 11 is 0. The van der Waals surface area contributed by atoms with Crippen molar-refractivity contribution in [3.05, 3.63) is 23.8 Å². The Balaban J connectivity index is 1.98. The molecule has 0 spiro atoms. The van der Waals surface area contributed by atoms with Gasteiger partial charge in [0, 0.05) is 18.7 Å². The second-order valence-corrected chi connectivity index (χ2v) is 5.13. The fraction of sp³-hybridized carbons (Fsp3) is 0.438. The van der Waals surface area contributed by atoms with E-state index in [2.05, 4.69) is 10.5 Å². The van der Waals surface area contributed by atoms with Gasteiger partial charge in [0.15, 0.2) is 11.5 Å². The topological polar surface area (TPSA) is 80.2 Å². The highest BCUT2D eigenvalue weighted by Gasteiger charge is 2.22. The summed E-state index contributed by atoms with van der Waals surface area (Å²) in [5.41, 5.74) is 2.90. The summed E-state index contributed by atoms with van der Waals surface area (Å²) in [5, 5.41) is 3.83. The molecule has 1 aliphatic rings. The molecule has 1 aromatic rings. The first-order chi connectivity index (χ1) is 11.2. The Hall–Kier alpha value is -2.57. The maximum absolute atomic E-state index is 12.0. The van der Waals surface area contributed by atoms with Gasteiger partial charge in [0.05, 0.1) is 20.4 Å². The zero-order valence-corrected chi connectivity index (χ0v) is 13.4. The van der Waals surface area contributed by atoms with Crippen LogP contribution >= 0.6 is 0 Å². The van der Waals surface area contributed by atoms with Gasteiger partial charge in [0.2, 0.25) is 0 Å². The lowest BCUT2D eigenvalue weighted by Crippen LogP contribution is -2.43. The van der Waals surface area contributed by atoms with Gasteiger partial charge in [0.25, 0.3) is 0 Å². The van der Waals surface area contributed by atoms with Crippen LogP contribution in [0, 0.1) is 0 Å². The first-order valence-electron chi connectivity index (χ1n) is 7.50. The summed E-state index contributed by atoms with van der Waals surface area (Å²) in [6.07, 6.45) is 4.38. The number of benzene rings is 1. The Bertz CT molecular complexity index is 595. The third kappa shape index (κ3) is 4.21. The standard InChI is InChI=1S/C16H21N3O4/c1-22-13-8-6-7-12(14(13)23-2)11-17-18-15(20)16(21)19-9-4-3-5-10-19/h6-8,11H,3-5,9-10H2,1-2H3,(H,18,20)/b17-11-. The number of hydrazone groups is 1. The molecule has 2 rings (SSSR count). The molecule has 0 aromatic heterocycles. The van der Waals surface area contributed by atoms with E-state index in [0.717, 1.165) is 19.3 Å². The van der Waals surface area contributed by atoms with E-state index in [1.165, 1.54) is 20.4 Å². The molecule has 1 aliphatic heterocycles. The normalized spacial score (nSPS) is 14.6. The van der Waals surface area contributed by atoms with Crippen molar-refractivity contribution in [2.75, 3.05) is 27.3 Å². The Kier molecular flexibility index (Phi) is 5.96. The zero-order chi connectivity index (χ0) is 16.7. The molecule has 7 heteroatoms. The third-order valence-corrected chi connectivity index (χ3v) is 3.64. The second kappa shape index (κ2) is 8.17. The summed E-state index contributed by atoms with van der Waals surface area (Å²) in [6, 6.07) is 5.31. The Morgan fingerprint density at radius 3 is 2.57 bits per heavy atom. The van der Waals surface area contributed by atoms with E-state index < -0.39 is 11.8 Å². The second-order valence-electron chi connectivity index (χ2n) is 5.13. The lowest BCUT2D eigenvalue weighted by molar-refractivity contribution is -0.146. The number of piperidine rings is 1. The van der Waals surface area contributed by atoms with Gasteiger partial charge in [-0.15, -0.1) is 0 Å². The molecule has 1 fully saturated rings. The van der Waals surface area contributed by atoms with E-state index in [4.69, 9.17) is 9.47 Å². The highest BCUT2D eigenvalue weighted by molar-refractivity contribution is 6.35. The Morgan fingerprint density at radius 2 is 1.91 bits per heavy atom. The van der Waals surface area contributed by atoms with Gasteiger partial charge in [-0.3, -0.25) is 9.59 Å². The predicted molar refractivity (Wildman–Crippen MR) is 85.7 cm³/mol.